The van der Waals surface area contributed by atoms with Crippen LogP contribution in [0.25, 0.3) is 5.69 Å². The molecule has 0 radical (unpaired) electrons. The Balaban J connectivity index is 1.98. The van der Waals surface area contributed by atoms with Crippen LogP contribution < -0.4 is 15.6 Å². The van der Waals surface area contributed by atoms with Crippen molar-refractivity contribution in [3.05, 3.63) is 50.6 Å². The summed E-state index contributed by atoms with van der Waals surface area (Å²) in [5, 5.41) is 16.5. The Labute approximate surface area is 146 Å². The number of halogens is 2. The summed E-state index contributed by atoms with van der Waals surface area (Å²) in [7, 11) is 0. The van der Waals surface area contributed by atoms with E-state index >= 15 is 0 Å². The van der Waals surface area contributed by atoms with E-state index in [9.17, 15) is 14.4 Å². The van der Waals surface area contributed by atoms with Gasteiger partial charge in [-0.25, -0.2) is 4.39 Å². The largest absolute Gasteiger partial charge is 0.487 e. The second kappa shape index (κ2) is 7.11. The van der Waals surface area contributed by atoms with Gasteiger partial charge >= 0.3 is 0 Å². The van der Waals surface area contributed by atoms with Gasteiger partial charge in [0.25, 0.3) is 5.56 Å². The molecule has 1 saturated heterocycles. The van der Waals surface area contributed by atoms with Crippen molar-refractivity contribution in [3.63, 3.8) is 0 Å². The van der Waals surface area contributed by atoms with E-state index in [0.717, 1.165) is 30.6 Å². The fourth-order valence-electron chi connectivity index (χ4n) is 2.53. The number of nitrogens with one attached hydrogen (secondary N) is 1. The molecule has 1 aliphatic heterocycles. The Morgan fingerprint density at radius 1 is 1.38 bits per heavy atom. The predicted molar refractivity (Wildman–Crippen MR) is 88.7 cm³/mol. The van der Waals surface area contributed by atoms with E-state index in [-0.39, 0.29) is 23.2 Å². The minimum Gasteiger partial charge on any atom is -0.487 e. The average molecular weight is 393 g/mol. The minimum absolute atomic E-state index is 0.0203. The van der Waals surface area contributed by atoms with Gasteiger partial charge in [-0.3, -0.25) is 4.79 Å². The molecule has 1 aliphatic rings. The zero-order valence-corrected chi connectivity index (χ0v) is 14.2. The van der Waals surface area contributed by atoms with Gasteiger partial charge in [-0.1, -0.05) is 15.9 Å². The molecule has 0 spiro atoms. The summed E-state index contributed by atoms with van der Waals surface area (Å²) in [6, 6.07) is 7.35. The lowest BCUT2D eigenvalue weighted by molar-refractivity contribution is 0.160. The number of benzene rings is 1. The van der Waals surface area contributed by atoms with Gasteiger partial charge in [0, 0.05) is 4.47 Å². The van der Waals surface area contributed by atoms with Crippen molar-refractivity contribution in [1.82, 2.24) is 15.1 Å². The van der Waals surface area contributed by atoms with Crippen LogP contribution in [0.5, 0.6) is 5.75 Å². The average Bonchev–Trinajstić information content (AvgIpc) is 2.57. The molecule has 0 saturated carbocycles. The highest BCUT2D eigenvalue weighted by atomic mass is 79.9. The van der Waals surface area contributed by atoms with Crippen molar-refractivity contribution in [1.29, 1.82) is 5.26 Å². The van der Waals surface area contributed by atoms with Gasteiger partial charge in [-0.15, -0.1) is 5.10 Å². The molecule has 24 heavy (non-hydrogen) atoms. The molecule has 8 heteroatoms. The molecular weight excluding hydrogens is 379 g/mol. The van der Waals surface area contributed by atoms with Crippen LogP contribution in [0, 0.1) is 17.1 Å². The second-order valence-corrected chi connectivity index (χ2v) is 6.30. The van der Waals surface area contributed by atoms with Gasteiger partial charge in [0.1, 0.15) is 23.7 Å². The third kappa shape index (κ3) is 3.47. The molecule has 0 amide bonds. The zero-order chi connectivity index (χ0) is 17.1. The van der Waals surface area contributed by atoms with Crippen LogP contribution in [0.3, 0.4) is 0 Å². The van der Waals surface area contributed by atoms with Crippen LogP contribution in [0.2, 0.25) is 0 Å². The monoisotopic (exact) mass is 392 g/mol. The first kappa shape index (κ1) is 16.6. The number of rotatable bonds is 3. The number of ether oxygens (including phenoxy) is 1. The number of aromatic nitrogens is 2. The van der Waals surface area contributed by atoms with Crippen molar-refractivity contribution < 1.29 is 9.13 Å². The SMILES string of the molecule is N#Cc1nn(-c2ccc(Br)cc2F)c(=O)cc1OC1CCNCC1. The first-order valence-electron chi connectivity index (χ1n) is 7.46. The van der Waals surface area contributed by atoms with Crippen LogP contribution in [-0.4, -0.2) is 29.0 Å². The van der Waals surface area contributed by atoms with Crippen molar-refractivity contribution in [3.8, 4) is 17.5 Å². The highest BCUT2D eigenvalue weighted by Crippen LogP contribution is 2.21. The maximum atomic E-state index is 14.1. The molecule has 1 aromatic heterocycles. The minimum atomic E-state index is -0.616. The summed E-state index contributed by atoms with van der Waals surface area (Å²) in [5.41, 5.74) is -0.622. The summed E-state index contributed by atoms with van der Waals surface area (Å²) < 4.78 is 21.2. The molecule has 0 aliphatic carbocycles. The van der Waals surface area contributed by atoms with E-state index in [2.05, 4.69) is 26.3 Å². The van der Waals surface area contributed by atoms with E-state index in [0.29, 0.717) is 4.47 Å². The van der Waals surface area contributed by atoms with Gasteiger partial charge < -0.3 is 10.1 Å². The van der Waals surface area contributed by atoms with Crippen LogP contribution in [0.15, 0.2) is 33.5 Å². The molecule has 0 bridgehead atoms. The number of nitriles is 1. The van der Waals surface area contributed by atoms with E-state index in [4.69, 9.17) is 4.74 Å². The fourth-order valence-corrected chi connectivity index (χ4v) is 2.86. The Kier molecular flexibility index (Phi) is 4.92. The summed E-state index contributed by atoms with van der Waals surface area (Å²) in [6.45, 7) is 1.64. The first-order chi connectivity index (χ1) is 11.6. The van der Waals surface area contributed by atoms with Gasteiger partial charge in [0.15, 0.2) is 5.75 Å². The molecule has 1 fully saturated rings. The van der Waals surface area contributed by atoms with E-state index in [1.807, 2.05) is 6.07 Å². The van der Waals surface area contributed by atoms with Crippen molar-refractivity contribution >= 4 is 15.9 Å². The summed E-state index contributed by atoms with van der Waals surface area (Å²) in [6.07, 6.45) is 1.50. The smallest absolute Gasteiger partial charge is 0.275 e. The summed E-state index contributed by atoms with van der Waals surface area (Å²) in [4.78, 5) is 12.3. The van der Waals surface area contributed by atoms with E-state index < -0.39 is 11.4 Å². The fraction of sp³-hybridized carbons (Fsp3) is 0.312. The number of nitrogens with zero attached hydrogens (tertiary/aromatic N) is 3. The topological polar surface area (TPSA) is 79.9 Å². The maximum absolute atomic E-state index is 14.1. The third-order valence-electron chi connectivity index (χ3n) is 3.72. The molecule has 1 N–H and O–H groups in total. The van der Waals surface area contributed by atoms with Crippen LogP contribution >= 0.6 is 15.9 Å². The normalized spacial score (nSPS) is 15.0. The highest BCUT2D eigenvalue weighted by Gasteiger charge is 2.19. The number of hydrogen-bond acceptors (Lipinski definition) is 5. The molecule has 2 heterocycles. The van der Waals surface area contributed by atoms with Gasteiger partial charge in [-0.2, -0.15) is 9.94 Å². The molecular formula is C16H14BrFN4O2. The lowest BCUT2D eigenvalue weighted by atomic mass is 10.1. The molecule has 0 unspecified atom stereocenters. The Morgan fingerprint density at radius 2 is 2.12 bits per heavy atom. The Bertz CT molecular complexity index is 856. The Hall–Kier alpha value is -2.24. The second-order valence-electron chi connectivity index (χ2n) is 5.38. The van der Waals surface area contributed by atoms with Crippen molar-refractivity contribution in [2.45, 2.75) is 18.9 Å². The van der Waals surface area contributed by atoms with Crippen LogP contribution in [-0.2, 0) is 0 Å². The zero-order valence-electron chi connectivity index (χ0n) is 12.6. The van der Waals surface area contributed by atoms with Crippen LogP contribution in [0.4, 0.5) is 4.39 Å². The summed E-state index contributed by atoms with van der Waals surface area (Å²) in [5.74, 6) is -0.474. The molecule has 2 aromatic rings. The lowest BCUT2D eigenvalue weighted by Crippen LogP contribution is -2.34. The van der Waals surface area contributed by atoms with Crippen molar-refractivity contribution in [2.24, 2.45) is 0 Å². The quantitative estimate of drug-likeness (QED) is 0.865. The van der Waals surface area contributed by atoms with Crippen LogP contribution in [0.1, 0.15) is 18.5 Å². The maximum Gasteiger partial charge on any atom is 0.275 e. The molecule has 6 nitrogen and oxygen atoms in total. The van der Waals surface area contributed by atoms with Gasteiger partial charge in [-0.05, 0) is 44.1 Å². The van der Waals surface area contributed by atoms with Gasteiger partial charge in [0.05, 0.1) is 6.07 Å². The highest BCUT2D eigenvalue weighted by molar-refractivity contribution is 9.10. The molecule has 1 aromatic carbocycles. The third-order valence-corrected chi connectivity index (χ3v) is 4.21. The molecule has 0 atom stereocenters. The molecule has 124 valence electrons. The van der Waals surface area contributed by atoms with E-state index in [1.165, 1.54) is 18.2 Å². The molecule has 3 rings (SSSR count). The number of piperidine rings is 1. The Morgan fingerprint density at radius 3 is 2.79 bits per heavy atom. The van der Waals surface area contributed by atoms with Gasteiger partial charge in [0.2, 0.25) is 5.69 Å². The standard InChI is InChI=1S/C16H14BrFN4O2/c17-10-1-2-14(12(18)7-10)22-16(23)8-15(13(9-19)21-22)24-11-3-5-20-6-4-11/h1-2,7-8,11,20H,3-6H2. The lowest BCUT2D eigenvalue weighted by Gasteiger charge is -2.24. The van der Waals surface area contributed by atoms with Crippen molar-refractivity contribution in [2.75, 3.05) is 13.1 Å². The predicted octanol–water partition coefficient (Wildman–Crippen LogP) is 2.14. The van der Waals surface area contributed by atoms with E-state index in [1.54, 1.807) is 6.07 Å². The summed E-state index contributed by atoms with van der Waals surface area (Å²) >= 11 is 3.16. The first-order valence-corrected chi connectivity index (χ1v) is 8.25. The number of hydrogen-bond donors (Lipinski definition) is 1.